The van der Waals surface area contributed by atoms with E-state index in [0.717, 1.165) is 36.0 Å². The van der Waals surface area contributed by atoms with Gasteiger partial charge in [0.25, 0.3) is 0 Å². The average molecular weight is 422 g/mol. The van der Waals surface area contributed by atoms with E-state index in [-0.39, 0.29) is 29.0 Å². The van der Waals surface area contributed by atoms with Gasteiger partial charge in [0.2, 0.25) is 5.43 Å². The van der Waals surface area contributed by atoms with Crippen molar-refractivity contribution in [2.75, 3.05) is 0 Å². The third-order valence-corrected chi connectivity index (χ3v) is 5.88. The van der Waals surface area contributed by atoms with Crippen LogP contribution in [-0.2, 0) is 5.54 Å². The van der Waals surface area contributed by atoms with Gasteiger partial charge in [-0.3, -0.25) is 4.79 Å². The lowest BCUT2D eigenvalue weighted by Gasteiger charge is -2.38. The van der Waals surface area contributed by atoms with E-state index >= 15 is 0 Å². The van der Waals surface area contributed by atoms with Crippen molar-refractivity contribution in [2.45, 2.75) is 24.8 Å². The molecule has 5 rings (SSSR count). The van der Waals surface area contributed by atoms with E-state index in [2.05, 4.69) is 0 Å². The summed E-state index contributed by atoms with van der Waals surface area (Å²) >= 11 is 0. The Morgan fingerprint density at radius 1 is 0.900 bits per heavy atom. The Morgan fingerprint density at radius 2 is 1.60 bits per heavy atom. The smallest absolute Gasteiger partial charge is 0.201 e. The quantitative estimate of drug-likeness (QED) is 0.439. The molecule has 0 aliphatic heterocycles. The zero-order chi connectivity index (χ0) is 20.0. The largest absolute Gasteiger partial charge is 0.455 e. The van der Waals surface area contributed by atoms with Crippen molar-refractivity contribution in [2.24, 2.45) is 5.73 Å². The van der Waals surface area contributed by atoms with Crippen LogP contribution in [0.2, 0.25) is 0 Å². The predicted molar refractivity (Wildman–Crippen MR) is 120 cm³/mol. The van der Waals surface area contributed by atoms with Crippen molar-refractivity contribution >= 4 is 23.4 Å². The minimum absolute atomic E-state index is 0. The molecule has 0 spiro atoms. The molecule has 0 atom stereocenters. The molecule has 0 amide bonds. The first-order chi connectivity index (χ1) is 14.0. The molecule has 1 aliphatic rings. The van der Waals surface area contributed by atoms with Gasteiger partial charge in [-0.1, -0.05) is 54.6 Å². The van der Waals surface area contributed by atoms with Crippen molar-refractivity contribution in [1.82, 2.24) is 0 Å². The Bertz CT molecular complexity index is 1260. The van der Waals surface area contributed by atoms with Gasteiger partial charge >= 0.3 is 0 Å². The molecular weight excluding hydrogens is 401 g/mol. The summed E-state index contributed by atoms with van der Waals surface area (Å²) in [6, 6.07) is 21.3. The van der Waals surface area contributed by atoms with E-state index < -0.39 is 5.82 Å². The van der Waals surface area contributed by atoms with E-state index in [0.29, 0.717) is 16.7 Å². The molecular formula is C25H21ClFNO2. The molecule has 0 saturated heterocycles. The maximum Gasteiger partial charge on any atom is 0.201 e. The van der Waals surface area contributed by atoms with Crippen LogP contribution in [0.25, 0.3) is 33.4 Å². The van der Waals surface area contributed by atoms with Gasteiger partial charge in [0, 0.05) is 17.2 Å². The van der Waals surface area contributed by atoms with E-state index in [1.807, 2.05) is 54.6 Å². The zero-order valence-electron chi connectivity index (χ0n) is 16.2. The van der Waals surface area contributed by atoms with Gasteiger partial charge in [-0.15, -0.1) is 12.4 Å². The van der Waals surface area contributed by atoms with Crippen LogP contribution in [0.15, 0.2) is 82.0 Å². The topological polar surface area (TPSA) is 56.2 Å². The molecule has 3 nitrogen and oxygen atoms in total. The number of nitrogens with two attached hydrogens (primary N) is 1. The predicted octanol–water partition coefficient (Wildman–Crippen LogP) is 6.03. The summed E-state index contributed by atoms with van der Waals surface area (Å²) in [4.78, 5) is 13.4. The fourth-order valence-electron chi connectivity index (χ4n) is 4.04. The number of fused-ring (bicyclic) bond motifs is 1. The van der Waals surface area contributed by atoms with Crippen LogP contribution in [0.3, 0.4) is 0 Å². The van der Waals surface area contributed by atoms with Crippen LogP contribution in [0.1, 0.15) is 24.8 Å². The molecule has 0 radical (unpaired) electrons. The minimum Gasteiger partial charge on any atom is -0.455 e. The van der Waals surface area contributed by atoms with Gasteiger partial charge in [-0.2, -0.15) is 0 Å². The maximum absolute atomic E-state index is 13.7. The highest BCUT2D eigenvalue weighted by atomic mass is 35.5. The minimum atomic E-state index is -0.439. The van der Waals surface area contributed by atoms with Crippen LogP contribution in [0.4, 0.5) is 4.39 Å². The molecule has 30 heavy (non-hydrogen) atoms. The van der Waals surface area contributed by atoms with Crippen LogP contribution < -0.4 is 11.2 Å². The first kappa shape index (κ1) is 20.3. The highest BCUT2D eigenvalue weighted by Crippen LogP contribution is 2.40. The lowest BCUT2D eigenvalue weighted by atomic mass is 9.72. The first-order valence-corrected chi connectivity index (χ1v) is 9.77. The molecule has 0 bridgehead atoms. The summed E-state index contributed by atoms with van der Waals surface area (Å²) in [6.07, 6.45) is 3.10. The molecule has 1 fully saturated rings. The van der Waals surface area contributed by atoms with Crippen LogP contribution in [0, 0.1) is 5.82 Å². The van der Waals surface area contributed by atoms with Gasteiger partial charge < -0.3 is 10.2 Å². The van der Waals surface area contributed by atoms with Crippen molar-refractivity contribution in [3.8, 4) is 22.5 Å². The van der Waals surface area contributed by atoms with E-state index in [1.54, 1.807) is 0 Å². The Hall–Kier alpha value is -2.95. The molecule has 152 valence electrons. The van der Waals surface area contributed by atoms with Gasteiger partial charge in [0.15, 0.2) is 0 Å². The first-order valence-electron chi connectivity index (χ1n) is 9.77. The maximum atomic E-state index is 13.7. The van der Waals surface area contributed by atoms with E-state index in [1.165, 1.54) is 18.2 Å². The number of hydrogen-bond donors (Lipinski definition) is 1. The second-order valence-corrected chi connectivity index (χ2v) is 7.73. The van der Waals surface area contributed by atoms with Crippen LogP contribution in [0.5, 0.6) is 0 Å². The average Bonchev–Trinajstić information content (AvgIpc) is 2.72. The molecule has 5 heteroatoms. The molecule has 4 aromatic rings. The van der Waals surface area contributed by atoms with E-state index in [4.69, 9.17) is 10.2 Å². The number of hydrogen-bond acceptors (Lipinski definition) is 3. The van der Waals surface area contributed by atoms with Crippen LogP contribution in [-0.4, -0.2) is 0 Å². The van der Waals surface area contributed by atoms with Gasteiger partial charge in [0.1, 0.15) is 17.2 Å². The molecule has 2 N–H and O–H groups in total. The molecule has 1 aliphatic carbocycles. The van der Waals surface area contributed by atoms with Gasteiger partial charge in [-0.05, 0) is 42.5 Å². The summed E-state index contributed by atoms with van der Waals surface area (Å²) in [5, 5.41) is 0.361. The molecule has 3 aromatic carbocycles. The number of benzene rings is 3. The summed E-state index contributed by atoms with van der Waals surface area (Å²) in [6.45, 7) is 0. The van der Waals surface area contributed by atoms with Crippen molar-refractivity contribution in [3.63, 3.8) is 0 Å². The summed E-state index contributed by atoms with van der Waals surface area (Å²) in [5.41, 5.74) is 9.33. The van der Waals surface area contributed by atoms with E-state index in [9.17, 15) is 9.18 Å². The highest BCUT2D eigenvalue weighted by Gasteiger charge is 2.34. The summed E-state index contributed by atoms with van der Waals surface area (Å²) < 4.78 is 19.8. The third kappa shape index (κ3) is 3.32. The van der Waals surface area contributed by atoms with Crippen molar-refractivity contribution < 1.29 is 8.81 Å². The fraction of sp³-hybridized carbons (Fsp3) is 0.160. The molecule has 1 saturated carbocycles. The summed E-state index contributed by atoms with van der Waals surface area (Å²) in [7, 11) is 0. The summed E-state index contributed by atoms with van der Waals surface area (Å²) in [5.74, 6) is -0.00179. The zero-order valence-corrected chi connectivity index (χ0v) is 17.0. The second kappa shape index (κ2) is 7.71. The molecule has 1 aromatic heterocycles. The Morgan fingerprint density at radius 3 is 2.23 bits per heavy atom. The monoisotopic (exact) mass is 421 g/mol. The standard InChI is InChI=1S/C25H20FNO2.ClH/c26-19-11-12-20-21(15-19)29-24(17-5-2-1-3-6-17)22(23(20)28)16-7-9-18(10-8-16)25(27)13-4-14-25;/h1-3,5-12,15H,4,13-14,27H2;1H. The van der Waals surface area contributed by atoms with Crippen molar-refractivity contribution in [3.05, 3.63) is 94.4 Å². The molecule has 0 unspecified atom stereocenters. The molecule has 1 heterocycles. The number of rotatable bonds is 3. The second-order valence-electron chi connectivity index (χ2n) is 7.73. The lowest BCUT2D eigenvalue weighted by Crippen LogP contribution is -2.43. The normalized spacial score (nSPS) is 14.7. The van der Waals surface area contributed by atoms with Gasteiger partial charge in [0.05, 0.1) is 10.9 Å². The fourth-order valence-corrected chi connectivity index (χ4v) is 4.04. The Balaban J connectivity index is 0.00000218. The highest BCUT2D eigenvalue weighted by molar-refractivity contribution is 5.89. The Labute approximate surface area is 179 Å². The SMILES string of the molecule is Cl.NC1(c2ccc(-c3c(-c4ccccc4)oc4cc(F)ccc4c3=O)cc2)CCC1. The Kier molecular flexibility index (Phi) is 5.22. The third-order valence-electron chi connectivity index (χ3n) is 5.88. The van der Waals surface area contributed by atoms with Crippen molar-refractivity contribution in [1.29, 1.82) is 0 Å². The number of halogens is 2. The lowest BCUT2D eigenvalue weighted by molar-refractivity contribution is 0.253. The van der Waals surface area contributed by atoms with Crippen LogP contribution >= 0.6 is 12.4 Å². The van der Waals surface area contributed by atoms with Gasteiger partial charge in [-0.25, -0.2) is 4.39 Å².